The minimum absolute atomic E-state index is 0.492. The fraction of sp³-hybridized carbons (Fsp3) is 0.0476. The van der Waals surface area contributed by atoms with Crippen molar-refractivity contribution in [3.8, 4) is 11.5 Å². The quantitative estimate of drug-likeness (QED) is 0.444. The first kappa shape index (κ1) is 17.1. The Kier molecular flexibility index (Phi) is 4.72. The summed E-state index contributed by atoms with van der Waals surface area (Å²) in [7, 11) is 0. The Hall–Kier alpha value is -3.38. The second-order valence-corrected chi connectivity index (χ2v) is 6.34. The van der Waals surface area contributed by atoms with Crippen LogP contribution in [-0.4, -0.2) is 10.1 Å². The number of fused-ring (bicyclic) bond motifs is 1. The molecule has 6 heteroatoms. The van der Waals surface area contributed by atoms with Gasteiger partial charge in [-0.3, -0.25) is 0 Å². The molecule has 0 unspecified atom stereocenters. The molecule has 2 N–H and O–H groups in total. The SMILES string of the molecule is Cc1nc2cc(NC(=S)Nc3ccc(Oc4ccccc4)cc3)ccc2o1. The second kappa shape index (κ2) is 7.47. The van der Waals surface area contributed by atoms with Gasteiger partial charge in [0.1, 0.15) is 17.0 Å². The molecule has 0 spiro atoms. The number of benzene rings is 3. The predicted molar refractivity (Wildman–Crippen MR) is 112 cm³/mol. The van der Waals surface area contributed by atoms with Crippen LogP contribution in [0.1, 0.15) is 5.89 Å². The molecule has 5 nitrogen and oxygen atoms in total. The van der Waals surface area contributed by atoms with Crippen LogP contribution in [0.15, 0.2) is 77.2 Å². The molecule has 0 radical (unpaired) electrons. The summed E-state index contributed by atoms with van der Waals surface area (Å²) in [5.41, 5.74) is 3.26. The molecule has 27 heavy (non-hydrogen) atoms. The third kappa shape index (κ3) is 4.24. The van der Waals surface area contributed by atoms with E-state index in [1.54, 1.807) is 0 Å². The number of para-hydroxylation sites is 1. The highest BCUT2D eigenvalue weighted by Gasteiger charge is 2.05. The lowest BCUT2D eigenvalue weighted by atomic mass is 10.3. The summed E-state index contributed by atoms with van der Waals surface area (Å²) in [4.78, 5) is 4.32. The first-order chi connectivity index (χ1) is 13.2. The number of aryl methyl sites for hydroxylation is 1. The van der Waals surface area contributed by atoms with Gasteiger partial charge in [0.2, 0.25) is 0 Å². The number of nitrogens with one attached hydrogen (secondary N) is 2. The molecule has 0 aliphatic rings. The summed E-state index contributed by atoms with van der Waals surface area (Å²) in [6.07, 6.45) is 0. The van der Waals surface area contributed by atoms with Gasteiger partial charge in [-0.25, -0.2) is 4.98 Å². The Labute approximate surface area is 162 Å². The third-order valence-corrected chi connectivity index (χ3v) is 4.05. The van der Waals surface area contributed by atoms with Gasteiger partial charge in [-0.15, -0.1) is 0 Å². The van der Waals surface area contributed by atoms with Gasteiger partial charge in [0.15, 0.2) is 16.6 Å². The van der Waals surface area contributed by atoms with Crippen molar-refractivity contribution in [3.05, 3.63) is 78.7 Å². The fourth-order valence-corrected chi connectivity index (χ4v) is 2.88. The van der Waals surface area contributed by atoms with Gasteiger partial charge in [0, 0.05) is 18.3 Å². The smallest absolute Gasteiger partial charge is 0.192 e. The number of ether oxygens (including phenoxy) is 1. The van der Waals surface area contributed by atoms with Crippen LogP contribution in [0.25, 0.3) is 11.1 Å². The standard InChI is InChI=1S/C21H17N3O2S/c1-14-22-19-13-16(9-12-20(19)25-14)24-21(27)23-15-7-10-18(11-8-15)26-17-5-3-2-4-6-17/h2-13H,1H3,(H2,23,24,27). The van der Waals surface area contributed by atoms with Crippen LogP contribution < -0.4 is 15.4 Å². The van der Waals surface area contributed by atoms with Crippen LogP contribution >= 0.6 is 12.2 Å². The minimum Gasteiger partial charge on any atom is -0.457 e. The average molecular weight is 375 g/mol. The molecule has 0 amide bonds. The Morgan fingerprint density at radius 2 is 1.56 bits per heavy atom. The van der Waals surface area contributed by atoms with Crippen LogP contribution in [0.5, 0.6) is 11.5 Å². The molecule has 0 fully saturated rings. The van der Waals surface area contributed by atoms with Crippen molar-refractivity contribution in [1.82, 2.24) is 4.98 Å². The van der Waals surface area contributed by atoms with Gasteiger partial charge in [-0.1, -0.05) is 18.2 Å². The Morgan fingerprint density at radius 3 is 2.33 bits per heavy atom. The second-order valence-electron chi connectivity index (χ2n) is 5.93. The molecule has 1 aromatic heterocycles. The molecule has 0 saturated carbocycles. The molecule has 1 heterocycles. The highest BCUT2D eigenvalue weighted by atomic mass is 32.1. The molecule has 0 atom stereocenters. The number of hydrogen-bond donors (Lipinski definition) is 2. The molecular weight excluding hydrogens is 358 g/mol. The highest BCUT2D eigenvalue weighted by Crippen LogP contribution is 2.23. The molecule has 4 aromatic rings. The summed E-state index contributed by atoms with van der Waals surface area (Å²) in [5, 5.41) is 6.80. The molecular formula is C21H17N3O2S. The Morgan fingerprint density at radius 1 is 0.889 bits per heavy atom. The van der Waals surface area contributed by atoms with Gasteiger partial charge in [-0.2, -0.15) is 0 Å². The number of thiocarbonyl (C=S) groups is 1. The van der Waals surface area contributed by atoms with E-state index in [-0.39, 0.29) is 0 Å². The summed E-state index contributed by atoms with van der Waals surface area (Å²) in [6, 6.07) is 22.9. The molecule has 0 aliphatic heterocycles. The van der Waals surface area contributed by atoms with Crippen molar-refractivity contribution < 1.29 is 9.15 Å². The molecule has 134 valence electrons. The van der Waals surface area contributed by atoms with Crippen LogP contribution in [0, 0.1) is 6.92 Å². The maximum absolute atomic E-state index is 5.78. The first-order valence-electron chi connectivity index (χ1n) is 8.44. The van der Waals surface area contributed by atoms with E-state index < -0.39 is 0 Å². The zero-order valence-corrected chi connectivity index (χ0v) is 15.4. The monoisotopic (exact) mass is 375 g/mol. The minimum atomic E-state index is 0.492. The molecule has 0 aliphatic carbocycles. The molecule has 4 rings (SSSR count). The van der Waals surface area contributed by atoms with E-state index in [9.17, 15) is 0 Å². The zero-order chi connectivity index (χ0) is 18.6. The summed E-state index contributed by atoms with van der Waals surface area (Å²) >= 11 is 5.39. The summed E-state index contributed by atoms with van der Waals surface area (Å²) in [6.45, 7) is 1.82. The van der Waals surface area contributed by atoms with E-state index >= 15 is 0 Å². The lowest BCUT2D eigenvalue weighted by molar-refractivity contribution is 0.483. The van der Waals surface area contributed by atoms with Crippen LogP contribution in [-0.2, 0) is 0 Å². The van der Waals surface area contributed by atoms with E-state index in [4.69, 9.17) is 21.4 Å². The Bertz CT molecular complexity index is 1080. The van der Waals surface area contributed by atoms with E-state index in [0.717, 1.165) is 34.0 Å². The van der Waals surface area contributed by atoms with Gasteiger partial charge >= 0.3 is 0 Å². The zero-order valence-electron chi connectivity index (χ0n) is 14.6. The first-order valence-corrected chi connectivity index (χ1v) is 8.85. The van der Waals surface area contributed by atoms with E-state index in [1.807, 2.05) is 79.7 Å². The largest absolute Gasteiger partial charge is 0.457 e. The van der Waals surface area contributed by atoms with Crippen molar-refractivity contribution in [1.29, 1.82) is 0 Å². The van der Waals surface area contributed by atoms with E-state index in [1.165, 1.54) is 0 Å². The fourth-order valence-electron chi connectivity index (χ4n) is 2.64. The lowest BCUT2D eigenvalue weighted by Gasteiger charge is -2.11. The van der Waals surface area contributed by atoms with Crippen molar-refractivity contribution in [3.63, 3.8) is 0 Å². The topological polar surface area (TPSA) is 59.3 Å². The highest BCUT2D eigenvalue weighted by molar-refractivity contribution is 7.80. The number of aromatic nitrogens is 1. The molecule has 0 saturated heterocycles. The average Bonchev–Trinajstić information content (AvgIpc) is 3.03. The number of nitrogens with zero attached hydrogens (tertiary/aromatic N) is 1. The number of rotatable bonds is 4. The van der Waals surface area contributed by atoms with Crippen molar-refractivity contribution in [2.75, 3.05) is 10.6 Å². The van der Waals surface area contributed by atoms with Crippen LogP contribution in [0.2, 0.25) is 0 Å². The predicted octanol–water partition coefficient (Wildman–Crippen LogP) is 5.74. The van der Waals surface area contributed by atoms with Gasteiger partial charge in [0.05, 0.1) is 0 Å². The Balaban J connectivity index is 1.38. The van der Waals surface area contributed by atoms with Crippen molar-refractivity contribution >= 4 is 39.8 Å². The van der Waals surface area contributed by atoms with Crippen LogP contribution in [0.3, 0.4) is 0 Å². The summed E-state index contributed by atoms with van der Waals surface area (Å²) in [5.74, 6) is 2.20. The maximum atomic E-state index is 5.78. The number of oxazole rings is 1. The van der Waals surface area contributed by atoms with E-state index in [0.29, 0.717) is 11.0 Å². The van der Waals surface area contributed by atoms with Gasteiger partial charge in [0.25, 0.3) is 0 Å². The summed E-state index contributed by atoms with van der Waals surface area (Å²) < 4.78 is 11.3. The third-order valence-electron chi connectivity index (χ3n) is 3.84. The number of anilines is 2. The maximum Gasteiger partial charge on any atom is 0.192 e. The van der Waals surface area contributed by atoms with Crippen molar-refractivity contribution in [2.45, 2.75) is 6.92 Å². The van der Waals surface area contributed by atoms with Gasteiger partial charge in [-0.05, 0) is 66.8 Å². The molecule has 3 aromatic carbocycles. The molecule has 0 bridgehead atoms. The van der Waals surface area contributed by atoms with E-state index in [2.05, 4.69) is 15.6 Å². The normalized spacial score (nSPS) is 10.6. The lowest BCUT2D eigenvalue weighted by Crippen LogP contribution is -2.18. The van der Waals surface area contributed by atoms with Gasteiger partial charge < -0.3 is 19.8 Å². The van der Waals surface area contributed by atoms with Crippen molar-refractivity contribution in [2.24, 2.45) is 0 Å². The van der Waals surface area contributed by atoms with Crippen LogP contribution in [0.4, 0.5) is 11.4 Å². The number of hydrogen-bond acceptors (Lipinski definition) is 4.